The van der Waals surface area contributed by atoms with E-state index in [1.54, 1.807) is 0 Å². The number of nitrogens with zero attached hydrogens (tertiary/aromatic N) is 1. The molecule has 3 aromatic rings. The summed E-state index contributed by atoms with van der Waals surface area (Å²) in [6.07, 6.45) is 0. The fraction of sp³-hybridized carbons (Fsp3) is 0.182. The number of para-hydroxylation sites is 2. The number of rotatable bonds is 2. The first-order valence-corrected chi connectivity index (χ1v) is 8.24. The van der Waals surface area contributed by atoms with Gasteiger partial charge in [-0.1, -0.05) is 73.7 Å². The zero-order chi connectivity index (χ0) is 15.8. The van der Waals surface area contributed by atoms with Gasteiger partial charge in [-0.05, 0) is 34.7 Å². The molecular formula is C22H21N. The summed E-state index contributed by atoms with van der Waals surface area (Å²) in [6.45, 7) is 2.35. The van der Waals surface area contributed by atoms with Gasteiger partial charge in [0.05, 0.1) is 0 Å². The second kappa shape index (κ2) is 5.58. The Kier molecular flexibility index (Phi) is 3.42. The Labute approximate surface area is 138 Å². The van der Waals surface area contributed by atoms with Crippen LogP contribution in [0.4, 0.5) is 11.4 Å². The summed E-state index contributed by atoms with van der Waals surface area (Å²) in [4.78, 5) is 2.32. The van der Waals surface area contributed by atoms with Crippen molar-refractivity contribution in [3.05, 3.63) is 95.6 Å². The van der Waals surface area contributed by atoms with Gasteiger partial charge in [0.25, 0.3) is 0 Å². The topological polar surface area (TPSA) is 3.24 Å². The van der Waals surface area contributed by atoms with Crippen LogP contribution in [0.5, 0.6) is 0 Å². The van der Waals surface area contributed by atoms with Crippen molar-refractivity contribution in [3.8, 4) is 0 Å². The maximum absolute atomic E-state index is 2.35. The van der Waals surface area contributed by atoms with E-state index in [1.165, 1.54) is 28.1 Å². The van der Waals surface area contributed by atoms with Crippen LogP contribution in [0.3, 0.4) is 0 Å². The maximum atomic E-state index is 2.35. The van der Waals surface area contributed by atoms with Gasteiger partial charge < -0.3 is 4.90 Å². The largest absolute Gasteiger partial charge is 0.344 e. The lowest BCUT2D eigenvalue weighted by Gasteiger charge is -2.38. The highest BCUT2D eigenvalue weighted by Crippen LogP contribution is 2.50. The highest BCUT2D eigenvalue weighted by molar-refractivity contribution is 5.76. The van der Waals surface area contributed by atoms with E-state index in [9.17, 15) is 0 Å². The Bertz CT molecular complexity index is 775. The first-order valence-electron chi connectivity index (χ1n) is 8.24. The fourth-order valence-corrected chi connectivity index (χ4v) is 3.90. The van der Waals surface area contributed by atoms with Gasteiger partial charge in [0.1, 0.15) is 0 Å². The van der Waals surface area contributed by atoms with Crippen LogP contribution in [0.1, 0.15) is 35.4 Å². The van der Waals surface area contributed by atoms with Crippen molar-refractivity contribution in [2.75, 3.05) is 11.9 Å². The van der Waals surface area contributed by atoms with E-state index in [1.807, 2.05) is 0 Å². The lowest BCUT2D eigenvalue weighted by Crippen LogP contribution is -2.24. The highest BCUT2D eigenvalue weighted by atomic mass is 15.1. The monoisotopic (exact) mass is 299 g/mol. The maximum Gasteiger partial charge on any atom is 0.0447 e. The van der Waals surface area contributed by atoms with Crippen LogP contribution in [0.15, 0.2) is 78.9 Å². The second-order valence-corrected chi connectivity index (χ2v) is 6.35. The average Bonchev–Trinajstić information content (AvgIpc) is 2.63. The molecule has 0 amide bonds. The van der Waals surface area contributed by atoms with Crippen LogP contribution >= 0.6 is 0 Å². The minimum absolute atomic E-state index is 0.390. The Hall–Kier alpha value is -2.54. The molecule has 1 nitrogen and oxygen atoms in total. The summed E-state index contributed by atoms with van der Waals surface area (Å²) in [5.41, 5.74) is 6.87. The van der Waals surface area contributed by atoms with Crippen molar-refractivity contribution in [1.82, 2.24) is 0 Å². The van der Waals surface area contributed by atoms with E-state index in [-0.39, 0.29) is 0 Å². The SMILES string of the molecule is CC(c1ccccc1)C1c2ccccc2N(C)c2ccccc21. The molecule has 0 fully saturated rings. The zero-order valence-electron chi connectivity index (χ0n) is 13.6. The molecule has 114 valence electrons. The fourth-order valence-electron chi connectivity index (χ4n) is 3.90. The number of anilines is 2. The Balaban J connectivity index is 1.91. The highest BCUT2D eigenvalue weighted by Gasteiger charge is 2.32. The van der Waals surface area contributed by atoms with E-state index >= 15 is 0 Å². The third-order valence-corrected chi connectivity index (χ3v) is 5.09. The summed E-state index contributed by atoms with van der Waals surface area (Å²) in [7, 11) is 2.17. The second-order valence-electron chi connectivity index (χ2n) is 6.35. The summed E-state index contributed by atoms with van der Waals surface area (Å²) in [5, 5.41) is 0. The van der Waals surface area contributed by atoms with Crippen molar-refractivity contribution in [2.45, 2.75) is 18.8 Å². The van der Waals surface area contributed by atoms with Crippen LogP contribution in [0, 0.1) is 0 Å². The molecule has 1 aliphatic heterocycles. The summed E-state index contributed by atoms with van der Waals surface area (Å²) in [5.74, 6) is 0.827. The van der Waals surface area contributed by atoms with Gasteiger partial charge >= 0.3 is 0 Å². The van der Waals surface area contributed by atoms with Gasteiger partial charge in [0, 0.05) is 24.3 Å². The molecule has 4 rings (SSSR count). The van der Waals surface area contributed by atoms with Crippen molar-refractivity contribution < 1.29 is 0 Å². The normalized spacial score (nSPS) is 15.0. The Morgan fingerprint density at radius 3 is 1.74 bits per heavy atom. The number of fused-ring (bicyclic) bond motifs is 2. The Morgan fingerprint density at radius 1 is 0.696 bits per heavy atom. The number of hydrogen-bond donors (Lipinski definition) is 0. The molecule has 1 atom stereocenters. The minimum Gasteiger partial charge on any atom is -0.344 e. The molecule has 0 spiro atoms. The van der Waals surface area contributed by atoms with Crippen LogP contribution in [0.25, 0.3) is 0 Å². The van der Waals surface area contributed by atoms with Crippen molar-refractivity contribution >= 4 is 11.4 Å². The molecule has 1 unspecified atom stereocenters. The molecule has 0 aliphatic carbocycles. The lowest BCUT2D eigenvalue weighted by atomic mass is 9.75. The molecule has 1 heterocycles. The number of benzene rings is 3. The first kappa shape index (κ1) is 14.1. The van der Waals surface area contributed by atoms with Crippen molar-refractivity contribution in [1.29, 1.82) is 0 Å². The molecule has 0 aromatic heterocycles. The molecule has 0 saturated heterocycles. The van der Waals surface area contributed by atoms with Crippen molar-refractivity contribution in [3.63, 3.8) is 0 Å². The molecule has 0 radical (unpaired) electrons. The van der Waals surface area contributed by atoms with Gasteiger partial charge in [-0.15, -0.1) is 0 Å². The molecule has 0 N–H and O–H groups in total. The predicted molar refractivity (Wildman–Crippen MR) is 97.6 cm³/mol. The molecule has 23 heavy (non-hydrogen) atoms. The van der Waals surface area contributed by atoms with Gasteiger partial charge in [-0.25, -0.2) is 0 Å². The van der Waals surface area contributed by atoms with E-state index in [4.69, 9.17) is 0 Å². The molecule has 0 bridgehead atoms. The van der Waals surface area contributed by atoms with Crippen molar-refractivity contribution in [2.24, 2.45) is 0 Å². The minimum atomic E-state index is 0.390. The standard InChI is InChI=1S/C22H21N/c1-16(17-10-4-3-5-11-17)22-18-12-6-8-14-20(18)23(2)21-15-9-7-13-19(21)22/h3-16,22H,1-2H3. The van der Waals surface area contributed by atoms with E-state index < -0.39 is 0 Å². The molecular weight excluding hydrogens is 278 g/mol. The van der Waals surface area contributed by atoms with Crippen LogP contribution < -0.4 is 4.90 Å². The van der Waals surface area contributed by atoms with Gasteiger partial charge in [0.15, 0.2) is 0 Å². The third-order valence-electron chi connectivity index (χ3n) is 5.09. The third kappa shape index (κ3) is 2.24. The van der Waals surface area contributed by atoms with Gasteiger partial charge in [-0.3, -0.25) is 0 Å². The predicted octanol–water partition coefficient (Wildman–Crippen LogP) is 5.70. The summed E-state index contributed by atoms with van der Waals surface area (Å²) < 4.78 is 0. The summed E-state index contributed by atoms with van der Waals surface area (Å²) in [6, 6.07) is 28.5. The molecule has 3 aromatic carbocycles. The van der Waals surface area contributed by atoms with Gasteiger partial charge in [-0.2, -0.15) is 0 Å². The molecule has 0 saturated carbocycles. The van der Waals surface area contributed by atoms with Crippen LogP contribution in [0.2, 0.25) is 0 Å². The smallest absolute Gasteiger partial charge is 0.0447 e. The van der Waals surface area contributed by atoms with E-state index in [0.29, 0.717) is 11.8 Å². The number of hydrogen-bond acceptors (Lipinski definition) is 1. The van der Waals surface area contributed by atoms with Crippen LogP contribution in [-0.2, 0) is 0 Å². The molecule has 1 heteroatoms. The van der Waals surface area contributed by atoms with E-state index in [2.05, 4.69) is 97.7 Å². The van der Waals surface area contributed by atoms with E-state index in [0.717, 1.165) is 0 Å². The molecule has 1 aliphatic rings. The quantitative estimate of drug-likeness (QED) is 0.586. The first-order chi connectivity index (χ1) is 11.3. The summed E-state index contributed by atoms with van der Waals surface area (Å²) >= 11 is 0. The average molecular weight is 299 g/mol. The lowest BCUT2D eigenvalue weighted by molar-refractivity contribution is 0.649. The zero-order valence-corrected chi connectivity index (χ0v) is 13.6. The van der Waals surface area contributed by atoms with Crippen LogP contribution in [-0.4, -0.2) is 7.05 Å². The van der Waals surface area contributed by atoms with Gasteiger partial charge in [0.2, 0.25) is 0 Å². The Morgan fingerprint density at radius 2 is 1.17 bits per heavy atom.